The topological polar surface area (TPSA) is 9.23 Å². The van der Waals surface area contributed by atoms with Crippen LogP contribution in [0.4, 0.5) is 0 Å². The molecule has 0 aromatic carbocycles. The Morgan fingerprint density at radius 3 is 2.79 bits per heavy atom. The fourth-order valence-electron chi connectivity index (χ4n) is 1.00. The second kappa shape index (κ2) is 10.8. The molecule has 0 radical (unpaired) electrons. The molecule has 0 aromatic heterocycles. The summed E-state index contributed by atoms with van der Waals surface area (Å²) in [4.78, 5) is 0. The van der Waals surface area contributed by atoms with Crippen molar-refractivity contribution in [1.82, 2.24) is 0 Å². The molecule has 0 saturated carbocycles. The van der Waals surface area contributed by atoms with Crippen LogP contribution in [0.5, 0.6) is 0 Å². The van der Waals surface area contributed by atoms with Gasteiger partial charge in [-0.15, -0.1) is 0 Å². The van der Waals surface area contributed by atoms with E-state index in [4.69, 9.17) is 4.52 Å². The quantitative estimate of drug-likeness (QED) is 0.370. The number of unbranched alkanes of at least 4 members (excludes halogenated alkanes) is 4. The van der Waals surface area contributed by atoms with Crippen LogP contribution in [0.25, 0.3) is 0 Å². The summed E-state index contributed by atoms with van der Waals surface area (Å²) in [5.41, 5.74) is 0. The van der Waals surface area contributed by atoms with Crippen molar-refractivity contribution in [3.8, 4) is 11.8 Å². The molecule has 2 unspecified atom stereocenters. The molecule has 0 aliphatic rings. The molecule has 0 aliphatic carbocycles. The van der Waals surface area contributed by atoms with E-state index >= 15 is 0 Å². The molecule has 0 bridgehead atoms. The first-order chi connectivity index (χ1) is 6.81. The van der Waals surface area contributed by atoms with Crippen LogP contribution in [0.15, 0.2) is 12.2 Å². The molecule has 0 heterocycles. The SMILES string of the molecule is CCCCCCC#C/C=C/C(C)OP. The van der Waals surface area contributed by atoms with Gasteiger partial charge in [0.1, 0.15) is 0 Å². The Morgan fingerprint density at radius 1 is 1.36 bits per heavy atom. The lowest BCUT2D eigenvalue weighted by molar-refractivity contribution is 0.319. The predicted octanol–water partition coefficient (Wildman–Crippen LogP) is 3.71. The first-order valence-corrected chi connectivity index (χ1v) is 5.79. The lowest BCUT2D eigenvalue weighted by Crippen LogP contribution is -1.93. The number of rotatable bonds is 6. The van der Waals surface area contributed by atoms with E-state index in [0.717, 1.165) is 6.42 Å². The highest BCUT2D eigenvalue weighted by atomic mass is 31.0. The fraction of sp³-hybridized carbons (Fsp3) is 0.667. The van der Waals surface area contributed by atoms with Crippen LogP contribution in [0.1, 0.15) is 46.0 Å². The van der Waals surface area contributed by atoms with Crippen LogP contribution in [0, 0.1) is 11.8 Å². The van der Waals surface area contributed by atoms with Gasteiger partial charge in [-0.25, -0.2) is 0 Å². The Kier molecular flexibility index (Phi) is 10.5. The highest BCUT2D eigenvalue weighted by molar-refractivity contribution is 7.09. The van der Waals surface area contributed by atoms with E-state index in [9.17, 15) is 0 Å². The third kappa shape index (κ3) is 9.78. The zero-order valence-corrected chi connectivity index (χ0v) is 10.4. The van der Waals surface area contributed by atoms with Gasteiger partial charge < -0.3 is 4.52 Å². The Balaban J connectivity index is 3.39. The van der Waals surface area contributed by atoms with Crippen LogP contribution in [0.2, 0.25) is 0 Å². The van der Waals surface area contributed by atoms with E-state index in [1.807, 2.05) is 19.1 Å². The third-order valence-electron chi connectivity index (χ3n) is 1.92. The van der Waals surface area contributed by atoms with Gasteiger partial charge >= 0.3 is 0 Å². The molecule has 80 valence electrons. The summed E-state index contributed by atoms with van der Waals surface area (Å²) in [6, 6.07) is 0. The number of hydrogen-bond donors (Lipinski definition) is 0. The highest BCUT2D eigenvalue weighted by Gasteiger charge is 1.87. The van der Waals surface area contributed by atoms with Gasteiger partial charge in [0.25, 0.3) is 0 Å². The lowest BCUT2D eigenvalue weighted by Gasteiger charge is -1.98. The summed E-state index contributed by atoms with van der Waals surface area (Å²) >= 11 is 0. The zero-order valence-electron chi connectivity index (χ0n) is 9.25. The normalized spacial score (nSPS) is 12.5. The van der Waals surface area contributed by atoms with Gasteiger partial charge in [-0.05, 0) is 25.5 Å². The Bertz CT molecular complexity index is 200. The van der Waals surface area contributed by atoms with E-state index < -0.39 is 0 Å². The van der Waals surface area contributed by atoms with Crippen molar-refractivity contribution in [2.24, 2.45) is 0 Å². The maximum Gasteiger partial charge on any atom is 0.0772 e. The monoisotopic (exact) mass is 212 g/mol. The largest absolute Gasteiger partial charge is 0.359 e. The Morgan fingerprint density at radius 2 is 2.14 bits per heavy atom. The molecule has 2 atom stereocenters. The first-order valence-electron chi connectivity index (χ1n) is 5.31. The molecule has 2 heteroatoms. The van der Waals surface area contributed by atoms with Crippen LogP contribution in [-0.2, 0) is 4.52 Å². The van der Waals surface area contributed by atoms with Gasteiger partial charge in [0.2, 0.25) is 0 Å². The lowest BCUT2D eigenvalue weighted by atomic mass is 10.2. The molecule has 1 nitrogen and oxygen atoms in total. The second-order valence-corrected chi connectivity index (χ2v) is 3.60. The van der Waals surface area contributed by atoms with Gasteiger partial charge in [-0.3, -0.25) is 0 Å². The predicted molar refractivity (Wildman–Crippen MR) is 65.9 cm³/mol. The Labute approximate surface area is 90.6 Å². The number of allylic oxidation sites excluding steroid dienone is 1. The average Bonchev–Trinajstić information content (AvgIpc) is 2.21. The van der Waals surface area contributed by atoms with Gasteiger partial charge in [0.15, 0.2) is 0 Å². The van der Waals surface area contributed by atoms with E-state index in [0.29, 0.717) is 0 Å². The molecular weight excluding hydrogens is 191 g/mol. The second-order valence-electron chi connectivity index (χ2n) is 3.33. The summed E-state index contributed by atoms with van der Waals surface area (Å²) in [5, 5.41) is 0. The molecule has 0 N–H and O–H groups in total. The minimum absolute atomic E-state index is 0.134. The smallest absolute Gasteiger partial charge is 0.0772 e. The van der Waals surface area contributed by atoms with Gasteiger partial charge in [0.05, 0.1) is 6.10 Å². The zero-order chi connectivity index (χ0) is 10.6. The Hall–Kier alpha value is -0.310. The van der Waals surface area contributed by atoms with Crippen molar-refractivity contribution in [2.75, 3.05) is 0 Å². The minimum atomic E-state index is 0.134. The molecular formula is C12H21OP. The molecule has 0 fully saturated rings. The summed E-state index contributed by atoms with van der Waals surface area (Å²) < 4.78 is 4.97. The van der Waals surface area contributed by atoms with Gasteiger partial charge in [-0.2, -0.15) is 0 Å². The van der Waals surface area contributed by atoms with Crippen molar-refractivity contribution in [3.05, 3.63) is 12.2 Å². The molecule has 0 saturated heterocycles. The fourth-order valence-corrected chi connectivity index (χ4v) is 1.09. The molecule has 0 aliphatic heterocycles. The van der Waals surface area contributed by atoms with Crippen LogP contribution in [-0.4, -0.2) is 6.10 Å². The first kappa shape index (κ1) is 13.7. The standard InChI is InChI=1S/C12H21OP/c1-3-4-5-6-7-8-9-10-11-12(2)13-14/h10-12H,3-7,14H2,1-2H3/b11-10+. The van der Waals surface area contributed by atoms with Crippen LogP contribution >= 0.6 is 9.47 Å². The van der Waals surface area contributed by atoms with Crippen molar-refractivity contribution >= 4 is 9.47 Å². The summed E-state index contributed by atoms with van der Waals surface area (Å²) in [7, 11) is 2.25. The molecule has 0 spiro atoms. The van der Waals surface area contributed by atoms with Crippen molar-refractivity contribution in [1.29, 1.82) is 0 Å². The van der Waals surface area contributed by atoms with Crippen LogP contribution in [0.3, 0.4) is 0 Å². The van der Waals surface area contributed by atoms with Crippen molar-refractivity contribution < 1.29 is 4.52 Å². The summed E-state index contributed by atoms with van der Waals surface area (Å²) in [6.07, 6.45) is 10.1. The molecule has 0 aromatic rings. The van der Waals surface area contributed by atoms with E-state index in [2.05, 4.69) is 28.2 Å². The van der Waals surface area contributed by atoms with Gasteiger partial charge in [0, 0.05) is 15.9 Å². The average molecular weight is 212 g/mol. The maximum atomic E-state index is 4.97. The van der Waals surface area contributed by atoms with Crippen LogP contribution < -0.4 is 0 Å². The molecule has 14 heavy (non-hydrogen) atoms. The summed E-state index contributed by atoms with van der Waals surface area (Å²) in [6.45, 7) is 4.20. The van der Waals surface area contributed by atoms with Crippen molar-refractivity contribution in [3.63, 3.8) is 0 Å². The third-order valence-corrected chi connectivity index (χ3v) is 2.35. The molecule has 0 amide bonds. The number of hydrogen-bond acceptors (Lipinski definition) is 1. The maximum absolute atomic E-state index is 4.97. The van der Waals surface area contributed by atoms with Gasteiger partial charge in [-0.1, -0.05) is 38.0 Å². The van der Waals surface area contributed by atoms with E-state index in [-0.39, 0.29) is 6.10 Å². The van der Waals surface area contributed by atoms with E-state index in [1.165, 1.54) is 25.7 Å². The molecule has 0 rings (SSSR count). The summed E-state index contributed by atoms with van der Waals surface area (Å²) in [5.74, 6) is 6.13. The van der Waals surface area contributed by atoms with E-state index in [1.54, 1.807) is 0 Å². The highest BCUT2D eigenvalue weighted by Crippen LogP contribution is 2.01. The minimum Gasteiger partial charge on any atom is -0.359 e. The van der Waals surface area contributed by atoms with Crippen molar-refractivity contribution in [2.45, 2.75) is 52.1 Å².